The molecule has 3 rings (SSSR count). The second-order valence-corrected chi connectivity index (χ2v) is 9.02. The fourth-order valence-electron chi connectivity index (χ4n) is 4.31. The van der Waals surface area contributed by atoms with Gasteiger partial charge in [-0.3, -0.25) is 4.79 Å². The van der Waals surface area contributed by atoms with E-state index in [0.29, 0.717) is 12.3 Å². The van der Waals surface area contributed by atoms with Crippen LogP contribution in [0.4, 0.5) is 4.39 Å². The third-order valence-corrected chi connectivity index (χ3v) is 6.28. The number of halogens is 1. The highest BCUT2D eigenvalue weighted by atomic mass is 19.1. The van der Waals surface area contributed by atoms with Crippen LogP contribution in [-0.4, -0.2) is 41.3 Å². The smallest absolute Gasteiger partial charge is 0.331 e. The Hall–Kier alpha value is -3.23. The second-order valence-electron chi connectivity index (χ2n) is 9.02. The Morgan fingerprint density at radius 1 is 1.11 bits per heavy atom. The first-order valence-electron chi connectivity index (χ1n) is 12.3. The summed E-state index contributed by atoms with van der Waals surface area (Å²) in [7, 11) is 0. The lowest BCUT2D eigenvalue weighted by Gasteiger charge is -2.38. The van der Waals surface area contributed by atoms with Gasteiger partial charge in [-0.05, 0) is 60.7 Å². The van der Waals surface area contributed by atoms with E-state index in [4.69, 9.17) is 9.47 Å². The lowest BCUT2D eigenvalue weighted by molar-refractivity contribution is -0.133. The first kappa shape index (κ1) is 27.4. The van der Waals surface area contributed by atoms with Crippen molar-refractivity contribution in [2.24, 2.45) is 0 Å². The number of hydrogen-bond acceptors (Lipinski definition) is 5. The van der Waals surface area contributed by atoms with Crippen molar-refractivity contribution in [1.82, 2.24) is 10.6 Å². The number of aliphatic carboxylic acids is 1. The molecule has 0 radical (unpaired) electrons. The topological polar surface area (TPSA) is 96.9 Å². The summed E-state index contributed by atoms with van der Waals surface area (Å²) in [6.45, 7) is 6.22. The van der Waals surface area contributed by atoms with Crippen molar-refractivity contribution in [2.45, 2.75) is 77.5 Å². The van der Waals surface area contributed by atoms with E-state index in [0.717, 1.165) is 24.0 Å². The Morgan fingerprint density at radius 2 is 1.83 bits per heavy atom. The Labute approximate surface area is 211 Å². The molecule has 1 amide bonds. The number of carbonyl (C=O) groups is 2. The Kier molecular flexibility index (Phi) is 10.0. The maximum absolute atomic E-state index is 13.3. The highest BCUT2D eigenvalue weighted by Crippen LogP contribution is 2.25. The molecule has 7 nitrogen and oxygen atoms in total. The monoisotopic (exact) mass is 498 g/mol. The average Bonchev–Trinajstić information content (AvgIpc) is 2.86. The van der Waals surface area contributed by atoms with Crippen LogP contribution in [0.5, 0.6) is 5.75 Å². The molecule has 0 heterocycles. The number of benzene rings is 2. The lowest BCUT2D eigenvalue weighted by Crippen LogP contribution is -2.58. The lowest BCUT2D eigenvalue weighted by atomic mass is 9.87. The van der Waals surface area contributed by atoms with Gasteiger partial charge in [-0.1, -0.05) is 38.1 Å². The molecule has 1 aliphatic carbocycles. The van der Waals surface area contributed by atoms with Crippen LogP contribution in [0, 0.1) is 5.82 Å². The number of amides is 1. The van der Waals surface area contributed by atoms with Gasteiger partial charge in [-0.25, -0.2) is 9.18 Å². The van der Waals surface area contributed by atoms with E-state index >= 15 is 0 Å². The molecule has 3 atom stereocenters. The quantitative estimate of drug-likeness (QED) is 0.403. The van der Waals surface area contributed by atoms with Crippen LogP contribution < -0.4 is 15.4 Å². The van der Waals surface area contributed by atoms with Gasteiger partial charge < -0.3 is 25.2 Å². The van der Waals surface area contributed by atoms with Gasteiger partial charge in [0.15, 0.2) is 0 Å². The molecule has 2 aromatic carbocycles. The summed E-state index contributed by atoms with van der Waals surface area (Å²) in [6.07, 6.45) is 2.90. The highest BCUT2D eigenvalue weighted by Gasteiger charge is 2.37. The predicted molar refractivity (Wildman–Crippen MR) is 135 cm³/mol. The zero-order valence-electron chi connectivity index (χ0n) is 21.0. The first-order valence-corrected chi connectivity index (χ1v) is 12.3. The summed E-state index contributed by atoms with van der Waals surface area (Å²) in [5.74, 6) is -0.823. The van der Waals surface area contributed by atoms with Crippen LogP contribution in [0.1, 0.15) is 51.2 Å². The summed E-state index contributed by atoms with van der Waals surface area (Å²) in [5, 5.41) is 16.1. The van der Waals surface area contributed by atoms with Crippen molar-refractivity contribution >= 4 is 11.9 Å². The molecule has 0 saturated carbocycles. The van der Waals surface area contributed by atoms with Crippen molar-refractivity contribution in [3.05, 3.63) is 77.1 Å². The van der Waals surface area contributed by atoms with Crippen molar-refractivity contribution in [2.75, 3.05) is 0 Å². The number of carboxylic acid groups (broad SMARTS) is 1. The Morgan fingerprint density at radius 3 is 2.44 bits per heavy atom. The minimum atomic E-state index is -0.985. The summed E-state index contributed by atoms with van der Waals surface area (Å²) < 4.78 is 25.3. The van der Waals surface area contributed by atoms with Gasteiger partial charge in [0.05, 0.1) is 18.2 Å². The van der Waals surface area contributed by atoms with Gasteiger partial charge in [-0.15, -0.1) is 0 Å². The van der Waals surface area contributed by atoms with Gasteiger partial charge in [0.1, 0.15) is 18.2 Å². The van der Waals surface area contributed by atoms with Crippen LogP contribution in [0.3, 0.4) is 0 Å². The zero-order chi connectivity index (χ0) is 26.1. The first-order chi connectivity index (χ1) is 17.3. The molecule has 0 unspecified atom stereocenters. The fraction of sp³-hybridized carbons (Fsp3) is 0.429. The highest BCUT2D eigenvalue weighted by molar-refractivity contribution is 5.87. The second kappa shape index (κ2) is 13.2. The van der Waals surface area contributed by atoms with E-state index in [1.165, 1.54) is 19.1 Å². The van der Waals surface area contributed by atoms with Crippen molar-refractivity contribution in [1.29, 1.82) is 0 Å². The normalized spacial score (nSPS) is 19.6. The van der Waals surface area contributed by atoms with Crippen LogP contribution >= 0.6 is 0 Å². The molecule has 194 valence electrons. The number of nitrogens with one attached hydrogen (secondary N) is 2. The molecule has 0 saturated heterocycles. The van der Waals surface area contributed by atoms with E-state index in [1.807, 2.05) is 38.1 Å². The molecule has 0 aromatic heterocycles. The van der Waals surface area contributed by atoms with Crippen molar-refractivity contribution in [3.8, 4) is 5.75 Å². The number of rotatable bonds is 12. The number of carbonyl (C=O) groups excluding carboxylic acids is 1. The molecule has 0 fully saturated rings. The molecule has 1 aliphatic rings. The van der Waals surface area contributed by atoms with Gasteiger partial charge in [-0.2, -0.15) is 0 Å². The Balaban J connectivity index is 1.67. The van der Waals surface area contributed by atoms with Crippen LogP contribution in [0.15, 0.2) is 60.2 Å². The fourth-order valence-corrected chi connectivity index (χ4v) is 4.31. The van der Waals surface area contributed by atoms with E-state index in [-0.39, 0.29) is 42.5 Å². The van der Waals surface area contributed by atoms with Gasteiger partial charge in [0, 0.05) is 25.1 Å². The van der Waals surface area contributed by atoms with Crippen molar-refractivity contribution in [3.63, 3.8) is 0 Å². The van der Waals surface area contributed by atoms with E-state index in [1.54, 1.807) is 18.2 Å². The van der Waals surface area contributed by atoms with Crippen LogP contribution in [-0.2, 0) is 27.5 Å². The third-order valence-electron chi connectivity index (χ3n) is 6.28. The standard InChI is InChI=1S/C28H35FN2O5/c1-4-23(5-2)36-26-15-21(28(33)34)14-25(27(26)31-18(3)32)30-16-19-9-11-24(12-10-19)35-17-20-7-6-8-22(29)13-20/h6-13,15,23,25-27,30H,4-5,14,16-17H2,1-3H3,(H,31,32)(H,33,34)/t25-,26+,27+/m0/s1. The Bertz CT molecular complexity index is 1050. The minimum absolute atomic E-state index is 0.0313. The molecular formula is C28H35FN2O5. The van der Waals surface area contributed by atoms with E-state index < -0.39 is 18.1 Å². The molecule has 0 aliphatic heterocycles. The van der Waals surface area contributed by atoms with Crippen molar-refractivity contribution < 1.29 is 28.6 Å². The number of hydrogen-bond donors (Lipinski definition) is 3. The molecular weight excluding hydrogens is 463 g/mol. The van der Waals surface area contributed by atoms with Gasteiger partial charge >= 0.3 is 5.97 Å². The summed E-state index contributed by atoms with van der Waals surface area (Å²) in [6, 6.07) is 13.1. The van der Waals surface area contributed by atoms with Gasteiger partial charge in [0.2, 0.25) is 5.91 Å². The third kappa shape index (κ3) is 7.90. The van der Waals surface area contributed by atoms with Crippen LogP contribution in [0.2, 0.25) is 0 Å². The predicted octanol–water partition coefficient (Wildman–Crippen LogP) is 4.36. The number of carboxylic acids is 1. The molecule has 0 spiro atoms. The number of ether oxygens (including phenoxy) is 2. The molecule has 36 heavy (non-hydrogen) atoms. The molecule has 0 bridgehead atoms. The minimum Gasteiger partial charge on any atom is -0.489 e. The SMILES string of the molecule is CCC(CC)O[C@@H]1C=C(C(=O)O)C[C@H](NCc2ccc(OCc3cccc(F)c3)cc2)[C@H]1NC(C)=O. The maximum atomic E-state index is 13.3. The zero-order valence-corrected chi connectivity index (χ0v) is 21.0. The largest absolute Gasteiger partial charge is 0.489 e. The average molecular weight is 499 g/mol. The maximum Gasteiger partial charge on any atom is 0.331 e. The molecule has 8 heteroatoms. The summed E-state index contributed by atoms with van der Waals surface area (Å²) in [5.41, 5.74) is 1.99. The molecule has 3 N–H and O–H groups in total. The summed E-state index contributed by atoms with van der Waals surface area (Å²) in [4.78, 5) is 23.8. The van der Waals surface area contributed by atoms with E-state index in [9.17, 15) is 19.1 Å². The molecule has 2 aromatic rings. The van der Waals surface area contributed by atoms with Crippen LogP contribution in [0.25, 0.3) is 0 Å². The van der Waals surface area contributed by atoms with Gasteiger partial charge in [0.25, 0.3) is 0 Å². The van der Waals surface area contributed by atoms with E-state index in [2.05, 4.69) is 10.6 Å². The summed E-state index contributed by atoms with van der Waals surface area (Å²) >= 11 is 0.